The third-order valence-corrected chi connectivity index (χ3v) is 5.95. The van der Waals surface area contributed by atoms with Crippen LogP contribution < -0.4 is 20.9 Å². The normalized spacial score (nSPS) is 10.5. The summed E-state index contributed by atoms with van der Waals surface area (Å²) in [5, 5.41) is 18.4. The van der Waals surface area contributed by atoms with Crippen LogP contribution in [0.1, 0.15) is 15.9 Å². The van der Waals surface area contributed by atoms with Gasteiger partial charge in [-0.15, -0.1) is 0 Å². The number of fused-ring (bicyclic) bond motifs is 1. The molecule has 3 heterocycles. The van der Waals surface area contributed by atoms with Gasteiger partial charge in [0.2, 0.25) is 0 Å². The summed E-state index contributed by atoms with van der Waals surface area (Å²) >= 11 is 0. The lowest BCUT2D eigenvalue weighted by molar-refractivity contribution is 0.102. The molecule has 3 aromatic heterocycles. The van der Waals surface area contributed by atoms with E-state index in [0.29, 0.717) is 11.4 Å². The van der Waals surface area contributed by atoms with Gasteiger partial charge in [0.15, 0.2) is 11.6 Å². The van der Waals surface area contributed by atoms with E-state index < -0.39 is 5.91 Å². The summed E-state index contributed by atoms with van der Waals surface area (Å²) in [6.45, 7) is 0. The number of hydrogen-bond donors (Lipinski definition) is 3. The van der Waals surface area contributed by atoms with E-state index in [2.05, 4.69) is 47.3 Å². The molecule has 0 atom stereocenters. The Morgan fingerprint density at radius 2 is 1.56 bits per heavy atom. The van der Waals surface area contributed by atoms with E-state index in [0.717, 1.165) is 10.8 Å². The van der Waals surface area contributed by atoms with E-state index in [1.807, 2.05) is 42.5 Å². The maximum absolute atomic E-state index is 13.6. The fourth-order valence-corrected chi connectivity index (χ4v) is 4.10. The first-order chi connectivity index (χ1) is 20.2. The van der Waals surface area contributed by atoms with Gasteiger partial charge in [0, 0.05) is 35.9 Å². The average molecular weight is 541 g/mol. The van der Waals surface area contributed by atoms with Gasteiger partial charge in [-0.05, 0) is 35.7 Å². The highest BCUT2D eigenvalue weighted by molar-refractivity contribution is 6.12. The Morgan fingerprint density at radius 3 is 2.32 bits per heavy atom. The molecule has 0 aliphatic heterocycles. The number of benzene rings is 3. The predicted molar refractivity (Wildman–Crippen MR) is 152 cm³/mol. The average Bonchev–Trinajstić information content (AvgIpc) is 3.44. The van der Waals surface area contributed by atoms with E-state index in [4.69, 9.17) is 4.74 Å². The SMILES string of the molecule is N#Cc1cnn(-c2ncccn2)c1NNc1c(Oc2ncccn2)c(C(=O)Nc2ccccc2)cc2ccccc12. The fraction of sp³-hybridized carbons (Fsp3) is 0. The number of aromatic nitrogens is 6. The van der Waals surface area contributed by atoms with Crippen LogP contribution in [-0.2, 0) is 0 Å². The van der Waals surface area contributed by atoms with E-state index in [1.165, 1.54) is 23.3 Å². The Balaban J connectivity index is 1.47. The molecule has 0 fully saturated rings. The van der Waals surface area contributed by atoms with Gasteiger partial charge in [0.1, 0.15) is 17.3 Å². The number of nitrogens with zero attached hydrogens (tertiary/aromatic N) is 7. The van der Waals surface area contributed by atoms with Crippen molar-refractivity contribution in [3.8, 4) is 23.8 Å². The standard InChI is InChI=1S/C29H20N10O2/c30-17-20-18-35-39(28-31-12-6-13-32-28)26(20)38-37-24-22-11-5-4-8-19(22)16-23(25(24)41-29-33-14-7-15-34-29)27(40)36-21-9-2-1-3-10-21/h1-16,18,37-38H,(H,36,40). The summed E-state index contributed by atoms with van der Waals surface area (Å²) in [6, 6.07) is 23.8. The molecule has 0 bridgehead atoms. The molecule has 6 rings (SSSR count). The zero-order valence-electron chi connectivity index (χ0n) is 21.3. The number of rotatable bonds is 8. The molecule has 0 radical (unpaired) electrons. The number of ether oxygens (including phenoxy) is 1. The molecule has 41 heavy (non-hydrogen) atoms. The third kappa shape index (κ3) is 5.18. The summed E-state index contributed by atoms with van der Waals surface area (Å²) in [4.78, 5) is 30.5. The Bertz CT molecular complexity index is 1870. The maximum Gasteiger partial charge on any atom is 0.321 e. The molecule has 0 unspecified atom stereocenters. The molecule has 3 N–H and O–H groups in total. The van der Waals surface area contributed by atoms with Crippen LogP contribution in [0, 0.1) is 11.3 Å². The van der Waals surface area contributed by atoms with E-state index in [9.17, 15) is 10.1 Å². The second kappa shape index (κ2) is 11.2. The van der Waals surface area contributed by atoms with Crippen LogP contribution in [0.5, 0.6) is 11.8 Å². The van der Waals surface area contributed by atoms with Crippen molar-refractivity contribution in [2.75, 3.05) is 16.2 Å². The van der Waals surface area contributed by atoms with Crippen molar-refractivity contribution < 1.29 is 9.53 Å². The Labute approximate surface area is 233 Å². The summed E-state index contributed by atoms with van der Waals surface area (Å²) in [6.07, 6.45) is 7.62. The number of para-hydroxylation sites is 1. The van der Waals surface area contributed by atoms with Crippen LogP contribution >= 0.6 is 0 Å². The highest BCUT2D eigenvalue weighted by Gasteiger charge is 2.23. The topological polar surface area (TPSA) is 156 Å². The third-order valence-electron chi connectivity index (χ3n) is 5.95. The number of anilines is 3. The lowest BCUT2D eigenvalue weighted by Gasteiger charge is -2.19. The predicted octanol–water partition coefficient (Wildman–Crippen LogP) is 4.96. The van der Waals surface area contributed by atoms with Gasteiger partial charge in [-0.2, -0.15) is 15.0 Å². The van der Waals surface area contributed by atoms with Crippen LogP contribution in [0.25, 0.3) is 16.7 Å². The molecule has 3 aromatic carbocycles. The Kier molecular flexibility index (Phi) is 6.80. The molecule has 0 saturated carbocycles. The zero-order valence-corrected chi connectivity index (χ0v) is 21.3. The summed E-state index contributed by atoms with van der Waals surface area (Å²) in [7, 11) is 0. The monoisotopic (exact) mass is 540 g/mol. The summed E-state index contributed by atoms with van der Waals surface area (Å²) < 4.78 is 7.54. The molecule has 0 saturated heterocycles. The number of nitrogens with one attached hydrogen (secondary N) is 3. The highest BCUT2D eigenvalue weighted by atomic mass is 16.5. The number of hydrogen-bond acceptors (Lipinski definition) is 10. The Morgan fingerprint density at radius 1 is 0.854 bits per heavy atom. The first-order valence-electron chi connectivity index (χ1n) is 12.4. The van der Waals surface area contributed by atoms with Gasteiger partial charge in [-0.1, -0.05) is 42.5 Å². The molecule has 12 nitrogen and oxygen atoms in total. The lowest BCUT2D eigenvalue weighted by atomic mass is 10.0. The summed E-state index contributed by atoms with van der Waals surface area (Å²) in [5.41, 5.74) is 7.68. The van der Waals surface area contributed by atoms with E-state index >= 15 is 0 Å². The molecule has 0 aliphatic rings. The van der Waals surface area contributed by atoms with Gasteiger partial charge in [-0.3, -0.25) is 15.6 Å². The van der Waals surface area contributed by atoms with Crippen LogP contribution in [0.4, 0.5) is 17.2 Å². The smallest absolute Gasteiger partial charge is 0.321 e. The molecule has 198 valence electrons. The zero-order chi connectivity index (χ0) is 28.0. The number of amides is 1. The van der Waals surface area contributed by atoms with Gasteiger partial charge in [-0.25, -0.2) is 19.9 Å². The van der Waals surface area contributed by atoms with Gasteiger partial charge in [0.05, 0.1) is 11.8 Å². The Hall–Kier alpha value is -6.35. The number of carbonyl (C=O) groups is 1. The second-order valence-corrected chi connectivity index (χ2v) is 8.53. The largest absolute Gasteiger partial charge is 0.421 e. The highest BCUT2D eigenvalue weighted by Crippen LogP contribution is 2.39. The first-order valence-corrected chi connectivity index (χ1v) is 12.4. The molecule has 0 spiro atoms. The summed E-state index contributed by atoms with van der Waals surface area (Å²) in [5.74, 6) is 0.296. The lowest BCUT2D eigenvalue weighted by Crippen LogP contribution is -2.18. The fourth-order valence-electron chi connectivity index (χ4n) is 4.10. The van der Waals surface area contributed by atoms with Crippen LogP contribution in [0.3, 0.4) is 0 Å². The number of nitriles is 1. The van der Waals surface area contributed by atoms with Crippen molar-refractivity contribution >= 4 is 33.9 Å². The van der Waals surface area contributed by atoms with Crippen LogP contribution in [0.2, 0.25) is 0 Å². The van der Waals surface area contributed by atoms with Gasteiger partial charge < -0.3 is 10.1 Å². The molecule has 12 heteroatoms. The molecular formula is C29H20N10O2. The molecule has 6 aromatic rings. The van der Waals surface area contributed by atoms with Crippen molar-refractivity contribution in [3.05, 3.63) is 115 Å². The molecular weight excluding hydrogens is 520 g/mol. The van der Waals surface area contributed by atoms with E-state index in [-0.39, 0.29) is 34.7 Å². The quantitative estimate of drug-likeness (QED) is 0.226. The number of hydrazine groups is 1. The van der Waals surface area contributed by atoms with Crippen molar-refractivity contribution in [1.82, 2.24) is 29.7 Å². The minimum absolute atomic E-state index is 0.0417. The van der Waals surface area contributed by atoms with Crippen molar-refractivity contribution in [1.29, 1.82) is 5.26 Å². The van der Waals surface area contributed by atoms with Crippen LogP contribution in [-0.4, -0.2) is 35.6 Å². The first kappa shape index (κ1) is 25.0. The second-order valence-electron chi connectivity index (χ2n) is 8.53. The van der Waals surface area contributed by atoms with Crippen molar-refractivity contribution in [2.45, 2.75) is 0 Å². The van der Waals surface area contributed by atoms with E-state index in [1.54, 1.807) is 42.7 Å². The minimum Gasteiger partial charge on any atom is -0.421 e. The van der Waals surface area contributed by atoms with Crippen molar-refractivity contribution in [2.24, 2.45) is 0 Å². The van der Waals surface area contributed by atoms with Gasteiger partial charge >= 0.3 is 6.01 Å². The number of carbonyl (C=O) groups excluding carboxylic acids is 1. The minimum atomic E-state index is -0.406. The van der Waals surface area contributed by atoms with Crippen LogP contribution in [0.15, 0.2) is 104 Å². The van der Waals surface area contributed by atoms with Gasteiger partial charge in [0.25, 0.3) is 11.9 Å². The van der Waals surface area contributed by atoms with Crippen molar-refractivity contribution in [3.63, 3.8) is 0 Å². The molecule has 0 aliphatic carbocycles. The molecule has 1 amide bonds. The maximum atomic E-state index is 13.6.